The summed E-state index contributed by atoms with van der Waals surface area (Å²) in [5, 5.41) is 8.11. The minimum atomic E-state index is 0.691. The van der Waals surface area contributed by atoms with Crippen molar-refractivity contribution >= 4 is 11.3 Å². The highest BCUT2D eigenvalue weighted by Crippen LogP contribution is 2.22. The SMILES string of the molecule is NCCC1CCCN(Cc2nc(-c3ccsc3)no2)C1. The van der Waals surface area contributed by atoms with Crippen LogP contribution in [0.3, 0.4) is 0 Å². The maximum Gasteiger partial charge on any atom is 0.241 e. The zero-order valence-corrected chi connectivity index (χ0v) is 12.3. The molecule has 3 rings (SSSR count). The third-order valence-electron chi connectivity index (χ3n) is 3.78. The first-order valence-electron chi connectivity index (χ1n) is 7.12. The topological polar surface area (TPSA) is 68.2 Å². The largest absolute Gasteiger partial charge is 0.338 e. The Morgan fingerprint density at radius 2 is 2.45 bits per heavy atom. The fourth-order valence-electron chi connectivity index (χ4n) is 2.79. The lowest BCUT2D eigenvalue weighted by Gasteiger charge is -2.31. The molecule has 0 aromatic carbocycles. The summed E-state index contributed by atoms with van der Waals surface area (Å²) in [6.45, 7) is 3.73. The minimum absolute atomic E-state index is 0.691. The number of hydrogen-bond donors (Lipinski definition) is 1. The molecule has 1 aliphatic heterocycles. The first-order chi connectivity index (χ1) is 9.85. The highest BCUT2D eigenvalue weighted by atomic mass is 32.1. The molecule has 108 valence electrons. The summed E-state index contributed by atoms with van der Waals surface area (Å²) in [4.78, 5) is 6.88. The highest BCUT2D eigenvalue weighted by Gasteiger charge is 2.21. The molecule has 3 heterocycles. The molecule has 2 aromatic heterocycles. The fourth-order valence-corrected chi connectivity index (χ4v) is 3.42. The lowest BCUT2D eigenvalue weighted by Crippen LogP contribution is -2.35. The molecule has 0 radical (unpaired) electrons. The van der Waals surface area contributed by atoms with E-state index in [9.17, 15) is 0 Å². The number of nitrogens with two attached hydrogens (primary N) is 1. The van der Waals surface area contributed by atoms with Gasteiger partial charge in [-0.15, -0.1) is 0 Å². The van der Waals surface area contributed by atoms with Crippen LogP contribution in [0.2, 0.25) is 0 Å². The van der Waals surface area contributed by atoms with Crippen LogP contribution in [-0.4, -0.2) is 34.7 Å². The van der Waals surface area contributed by atoms with E-state index in [1.54, 1.807) is 11.3 Å². The predicted octanol–water partition coefficient (Wildman–Crippen LogP) is 2.36. The molecule has 0 aliphatic carbocycles. The Balaban J connectivity index is 1.60. The summed E-state index contributed by atoms with van der Waals surface area (Å²) in [6.07, 6.45) is 3.63. The van der Waals surface area contributed by atoms with Gasteiger partial charge in [-0.25, -0.2) is 0 Å². The van der Waals surface area contributed by atoms with E-state index in [4.69, 9.17) is 10.3 Å². The standard InChI is InChI=1S/C14H20N4OS/c15-5-3-11-2-1-6-18(8-11)9-13-16-14(17-19-13)12-4-7-20-10-12/h4,7,10-11H,1-3,5-6,8-9,15H2. The minimum Gasteiger partial charge on any atom is -0.338 e. The molecule has 1 atom stereocenters. The molecule has 0 amide bonds. The summed E-state index contributed by atoms with van der Waals surface area (Å²) in [7, 11) is 0. The van der Waals surface area contributed by atoms with Gasteiger partial charge in [-0.05, 0) is 49.7 Å². The number of hydrogen-bond acceptors (Lipinski definition) is 6. The molecule has 6 heteroatoms. The van der Waals surface area contributed by atoms with Crippen LogP contribution >= 0.6 is 11.3 Å². The van der Waals surface area contributed by atoms with Crippen molar-refractivity contribution in [3.8, 4) is 11.4 Å². The Labute approximate surface area is 122 Å². The number of thiophene rings is 1. The van der Waals surface area contributed by atoms with Crippen molar-refractivity contribution in [2.24, 2.45) is 11.7 Å². The quantitative estimate of drug-likeness (QED) is 0.916. The average Bonchev–Trinajstić information content (AvgIpc) is 3.10. The first-order valence-corrected chi connectivity index (χ1v) is 8.07. The second kappa shape index (κ2) is 6.47. The van der Waals surface area contributed by atoms with E-state index < -0.39 is 0 Å². The van der Waals surface area contributed by atoms with Gasteiger partial charge in [0.2, 0.25) is 11.7 Å². The maximum absolute atomic E-state index is 5.66. The average molecular weight is 292 g/mol. The van der Waals surface area contributed by atoms with Crippen LogP contribution in [0.5, 0.6) is 0 Å². The van der Waals surface area contributed by atoms with Gasteiger partial charge >= 0.3 is 0 Å². The van der Waals surface area contributed by atoms with Crippen LogP contribution in [0.15, 0.2) is 21.3 Å². The van der Waals surface area contributed by atoms with E-state index in [0.717, 1.165) is 38.2 Å². The molecule has 2 N–H and O–H groups in total. The number of piperidine rings is 1. The molecule has 20 heavy (non-hydrogen) atoms. The van der Waals surface area contributed by atoms with Gasteiger partial charge in [0.05, 0.1) is 6.54 Å². The van der Waals surface area contributed by atoms with E-state index in [0.29, 0.717) is 17.6 Å². The van der Waals surface area contributed by atoms with Crippen LogP contribution in [0.4, 0.5) is 0 Å². The van der Waals surface area contributed by atoms with E-state index in [-0.39, 0.29) is 0 Å². The van der Waals surface area contributed by atoms with Crippen molar-refractivity contribution < 1.29 is 4.52 Å². The Morgan fingerprint density at radius 1 is 1.50 bits per heavy atom. The number of aromatic nitrogens is 2. The summed E-state index contributed by atoms with van der Waals surface area (Å²) in [5.74, 6) is 2.12. The van der Waals surface area contributed by atoms with Gasteiger partial charge in [-0.1, -0.05) is 5.16 Å². The Bertz CT molecular complexity index is 523. The van der Waals surface area contributed by atoms with E-state index in [1.807, 2.05) is 16.8 Å². The third kappa shape index (κ3) is 3.26. The second-order valence-electron chi connectivity index (χ2n) is 5.34. The first kappa shape index (κ1) is 13.7. The van der Waals surface area contributed by atoms with Gasteiger partial charge in [0.1, 0.15) is 0 Å². The molecule has 0 spiro atoms. The zero-order valence-electron chi connectivity index (χ0n) is 11.5. The van der Waals surface area contributed by atoms with Gasteiger partial charge in [0.15, 0.2) is 0 Å². The van der Waals surface area contributed by atoms with Crippen LogP contribution in [0.25, 0.3) is 11.4 Å². The summed E-state index contributed by atoms with van der Waals surface area (Å²) < 4.78 is 5.36. The van der Waals surface area contributed by atoms with Gasteiger partial charge in [0.25, 0.3) is 0 Å². The van der Waals surface area contributed by atoms with Gasteiger partial charge in [0, 0.05) is 17.5 Å². The lowest BCUT2D eigenvalue weighted by molar-refractivity contribution is 0.146. The molecule has 1 fully saturated rings. The van der Waals surface area contributed by atoms with Crippen LogP contribution < -0.4 is 5.73 Å². The zero-order chi connectivity index (χ0) is 13.8. The number of nitrogens with zero attached hydrogens (tertiary/aromatic N) is 3. The van der Waals surface area contributed by atoms with Crippen molar-refractivity contribution in [3.05, 3.63) is 22.7 Å². The van der Waals surface area contributed by atoms with Crippen LogP contribution in [0, 0.1) is 5.92 Å². The molecule has 5 nitrogen and oxygen atoms in total. The molecule has 0 saturated carbocycles. The van der Waals surface area contributed by atoms with E-state index in [2.05, 4.69) is 15.0 Å². The Kier molecular flexibility index (Phi) is 4.44. The summed E-state index contributed by atoms with van der Waals surface area (Å²) in [6, 6.07) is 2.01. The number of likely N-dealkylation sites (tertiary alicyclic amines) is 1. The fraction of sp³-hybridized carbons (Fsp3) is 0.571. The van der Waals surface area contributed by atoms with Gasteiger partial charge in [-0.3, -0.25) is 4.90 Å². The van der Waals surface area contributed by atoms with Crippen molar-refractivity contribution in [2.75, 3.05) is 19.6 Å². The van der Waals surface area contributed by atoms with Gasteiger partial charge in [-0.2, -0.15) is 16.3 Å². The van der Waals surface area contributed by atoms with Crippen molar-refractivity contribution in [3.63, 3.8) is 0 Å². The Hall–Kier alpha value is -1.24. The van der Waals surface area contributed by atoms with E-state index >= 15 is 0 Å². The van der Waals surface area contributed by atoms with E-state index in [1.165, 1.54) is 12.8 Å². The monoisotopic (exact) mass is 292 g/mol. The van der Waals surface area contributed by atoms with Crippen molar-refractivity contribution in [1.29, 1.82) is 0 Å². The van der Waals surface area contributed by atoms with Crippen LogP contribution in [-0.2, 0) is 6.54 Å². The van der Waals surface area contributed by atoms with Crippen molar-refractivity contribution in [2.45, 2.75) is 25.8 Å². The Morgan fingerprint density at radius 3 is 3.25 bits per heavy atom. The second-order valence-corrected chi connectivity index (χ2v) is 6.12. The molecule has 1 unspecified atom stereocenters. The lowest BCUT2D eigenvalue weighted by atomic mass is 9.95. The number of rotatable bonds is 5. The molecule has 2 aromatic rings. The predicted molar refractivity (Wildman–Crippen MR) is 79.3 cm³/mol. The molecule has 0 bridgehead atoms. The molecule has 1 aliphatic rings. The van der Waals surface area contributed by atoms with Crippen LogP contribution in [0.1, 0.15) is 25.2 Å². The molecular weight excluding hydrogens is 272 g/mol. The smallest absolute Gasteiger partial charge is 0.241 e. The summed E-state index contributed by atoms with van der Waals surface area (Å²) in [5.41, 5.74) is 6.69. The third-order valence-corrected chi connectivity index (χ3v) is 4.47. The van der Waals surface area contributed by atoms with Gasteiger partial charge < -0.3 is 10.3 Å². The normalized spacial score (nSPS) is 20.4. The maximum atomic E-state index is 5.66. The summed E-state index contributed by atoms with van der Waals surface area (Å²) >= 11 is 1.64. The highest BCUT2D eigenvalue weighted by molar-refractivity contribution is 7.08. The molecular formula is C14H20N4OS. The molecule has 1 saturated heterocycles. The van der Waals surface area contributed by atoms with Crippen molar-refractivity contribution in [1.82, 2.24) is 15.0 Å².